The highest BCUT2D eigenvalue weighted by Crippen LogP contribution is 2.25. The Balaban J connectivity index is 2.21. The van der Waals surface area contributed by atoms with E-state index in [1.807, 2.05) is 22.9 Å². The van der Waals surface area contributed by atoms with Crippen molar-refractivity contribution in [3.63, 3.8) is 0 Å². The number of likely N-dealkylation sites (N-methyl/N-ethyl adjacent to an activating group) is 1. The Bertz CT molecular complexity index is 565. The molecule has 0 saturated heterocycles. The van der Waals surface area contributed by atoms with E-state index in [9.17, 15) is 0 Å². The Hall–Kier alpha value is -1.39. The molecule has 0 amide bonds. The minimum atomic E-state index is 0.152. The summed E-state index contributed by atoms with van der Waals surface area (Å²) in [5.74, 6) is 1.54. The lowest BCUT2D eigenvalue weighted by atomic mass is 10.0. The average Bonchev–Trinajstić information content (AvgIpc) is 2.85. The van der Waals surface area contributed by atoms with E-state index < -0.39 is 0 Å². The van der Waals surface area contributed by atoms with Crippen LogP contribution in [0.2, 0.25) is 5.02 Å². The van der Waals surface area contributed by atoms with Crippen LogP contribution in [0.5, 0.6) is 0 Å². The molecule has 0 aliphatic heterocycles. The van der Waals surface area contributed by atoms with E-state index in [1.165, 1.54) is 0 Å². The zero-order valence-corrected chi connectivity index (χ0v) is 13.6. The van der Waals surface area contributed by atoms with E-state index in [1.54, 1.807) is 6.33 Å². The Morgan fingerprint density at radius 2 is 2.05 bits per heavy atom. The van der Waals surface area contributed by atoms with Gasteiger partial charge in [0, 0.05) is 24.0 Å². The predicted octanol–water partition coefficient (Wildman–Crippen LogP) is 3.48. The zero-order chi connectivity index (χ0) is 15.2. The van der Waals surface area contributed by atoms with Crippen LogP contribution in [0, 0.1) is 5.92 Å². The summed E-state index contributed by atoms with van der Waals surface area (Å²) in [6.45, 7) is 8.23. The van der Waals surface area contributed by atoms with Gasteiger partial charge in [-0.25, -0.2) is 9.67 Å². The molecule has 114 valence electrons. The van der Waals surface area contributed by atoms with Gasteiger partial charge in [0.2, 0.25) is 0 Å². The molecular formula is C16H23ClN4. The topological polar surface area (TPSA) is 42.7 Å². The normalized spacial score (nSPS) is 12.8. The molecule has 1 aromatic carbocycles. The fourth-order valence-corrected chi connectivity index (χ4v) is 2.69. The lowest BCUT2D eigenvalue weighted by Crippen LogP contribution is -2.25. The number of nitrogens with one attached hydrogen (secondary N) is 1. The smallest absolute Gasteiger partial charge is 0.138 e. The first-order chi connectivity index (χ1) is 10.1. The van der Waals surface area contributed by atoms with Gasteiger partial charge in [0.25, 0.3) is 0 Å². The van der Waals surface area contributed by atoms with E-state index in [0.29, 0.717) is 5.92 Å². The number of halogens is 1. The summed E-state index contributed by atoms with van der Waals surface area (Å²) in [7, 11) is 0. The maximum Gasteiger partial charge on any atom is 0.138 e. The lowest BCUT2D eigenvalue weighted by Gasteiger charge is -2.20. The monoisotopic (exact) mass is 306 g/mol. The van der Waals surface area contributed by atoms with Crippen molar-refractivity contribution in [2.75, 3.05) is 6.54 Å². The molecule has 0 aliphatic carbocycles. The second-order valence-corrected chi connectivity index (χ2v) is 6.00. The number of hydrogen-bond acceptors (Lipinski definition) is 3. The van der Waals surface area contributed by atoms with Crippen LogP contribution in [0.3, 0.4) is 0 Å². The van der Waals surface area contributed by atoms with E-state index in [0.717, 1.165) is 35.9 Å². The van der Waals surface area contributed by atoms with Crippen LogP contribution in [0.1, 0.15) is 38.2 Å². The number of nitrogens with zero attached hydrogens (tertiary/aromatic N) is 3. The fourth-order valence-electron chi connectivity index (χ4n) is 2.42. The van der Waals surface area contributed by atoms with Crippen molar-refractivity contribution in [3.8, 4) is 0 Å². The minimum Gasteiger partial charge on any atom is -0.310 e. The third kappa shape index (κ3) is 4.29. The summed E-state index contributed by atoms with van der Waals surface area (Å²) in [5.41, 5.74) is 1.11. The second kappa shape index (κ2) is 7.57. The van der Waals surface area contributed by atoms with Crippen molar-refractivity contribution >= 4 is 11.6 Å². The van der Waals surface area contributed by atoms with E-state index in [4.69, 9.17) is 11.6 Å². The van der Waals surface area contributed by atoms with Gasteiger partial charge in [0.15, 0.2) is 0 Å². The lowest BCUT2D eigenvalue weighted by molar-refractivity contribution is 0.447. The first-order valence-corrected chi connectivity index (χ1v) is 7.84. The number of hydrogen-bond donors (Lipinski definition) is 1. The van der Waals surface area contributed by atoms with Gasteiger partial charge in [-0.05, 0) is 24.1 Å². The molecule has 0 spiro atoms. The van der Waals surface area contributed by atoms with Gasteiger partial charge < -0.3 is 5.32 Å². The number of aromatic nitrogens is 3. The third-order valence-electron chi connectivity index (χ3n) is 3.35. The largest absolute Gasteiger partial charge is 0.310 e. The highest BCUT2D eigenvalue weighted by molar-refractivity contribution is 6.31. The van der Waals surface area contributed by atoms with Crippen molar-refractivity contribution in [1.29, 1.82) is 0 Å². The Morgan fingerprint density at radius 3 is 2.71 bits per heavy atom. The Labute approximate surface area is 131 Å². The van der Waals surface area contributed by atoms with Gasteiger partial charge in [-0.2, -0.15) is 5.10 Å². The summed E-state index contributed by atoms with van der Waals surface area (Å²) in [6, 6.07) is 8.12. The van der Waals surface area contributed by atoms with Gasteiger partial charge in [0.05, 0.1) is 0 Å². The number of benzene rings is 1. The van der Waals surface area contributed by atoms with Gasteiger partial charge in [-0.15, -0.1) is 0 Å². The summed E-state index contributed by atoms with van der Waals surface area (Å²) >= 11 is 6.34. The fraction of sp³-hybridized carbons (Fsp3) is 0.500. The molecular weight excluding hydrogens is 284 g/mol. The minimum absolute atomic E-state index is 0.152. The third-order valence-corrected chi connectivity index (χ3v) is 3.70. The molecule has 21 heavy (non-hydrogen) atoms. The van der Waals surface area contributed by atoms with E-state index in [-0.39, 0.29) is 6.04 Å². The Morgan fingerprint density at radius 1 is 1.29 bits per heavy atom. The van der Waals surface area contributed by atoms with Crippen molar-refractivity contribution < 1.29 is 0 Å². The molecule has 1 unspecified atom stereocenters. The summed E-state index contributed by atoms with van der Waals surface area (Å²) in [4.78, 5) is 4.42. The molecule has 1 N–H and O–H groups in total. The maximum absolute atomic E-state index is 6.34. The average molecular weight is 307 g/mol. The second-order valence-electron chi connectivity index (χ2n) is 5.59. The van der Waals surface area contributed by atoms with Crippen LogP contribution >= 0.6 is 11.6 Å². The van der Waals surface area contributed by atoms with Gasteiger partial charge >= 0.3 is 0 Å². The maximum atomic E-state index is 6.34. The first-order valence-electron chi connectivity index (χ1n) is 7.46. The molecule has 0 aliphatic rings. The summed E-state index contributed by atoms with van der Waals surface area (Å²) in [6.07, 6.45) is 2.41. The van der Waals surface area contributed by atoms with Crippen molar-refractivity contribution in [2.24, 2.45) is 5.92 Å². The van der Waals surface area contributed by atoms with Crippen LogP contribution in [0.15, 0.2) is 30.6 Å². The van der Waals surface area contributed by atoms with Crippen molar-refractivity contribution in [3.05, 3.63) is 47.0 Å². The van der Waals surface area contributed by atoms with Crippen LogP contribution in [-0.4, -0.2) is 21.3 Å². The Kier molecular flexibility index (Phi) is 5.76. The molecule has 2 rings (SSSR count). The van der Waals surface area contributed by atoms with Crippen LogP contribution < -0.4 is 5.32 Å². The molecule has 1 heterocycles. The molecule has 1 atom stereocenters. The molecule has 5 heteroatoms. The van der Waals surface area contributed by atoms with E-state index >= 15 is 0 Å². The SMILES string of the molecule is CCNC(Cc1ncnn1CC(C)C)c1ccccc1Cl. The van der Waals surface area contributed by atoms with Gasteiger partial charge in [-0.1, -0.05) is 50.6 Å². The highest BCUT2D eigenvalue weighted by Gasteiger charge is 2.17. The highest BCUT2D eigenvalue weighted by atomic mass is 35.5. The molecule has 0 saturated carbocycles. The van der Waals surface area contributed by atoms with Crippen LogP contribution in [-0.2, 0) is 13.0 Å². The van der Waals surface area contributed by atoms with Crippen molar-refractivity contribution in [1.82, 2.24) is 20.1 Å². The van der Waals surface area contributed by atoms with Gasteiger partial charge in [-0.3, -0.25) is 0 Å². The van der Waals surface area contributed by atoms with Crippen LogP contribution in [0.4, 0.5) is 0 Å². The molecule has 1 aromatic heterocycles. The van der Waals surface area contributed by atoms with Gasteiger partial charge in [0.1, 0.15) is 12.2 Å². The predicted molar refractivity (Wildman–Crippen MR) is 86.4 cm³/mol. The molecule has 0 bridgehead atoms. The first kappa shape index (κ1) is 16.0. The van der Waals surface area contributed by atoms with Crippen molar-refractivity contribution in [2.45, 2.75) is 39.8 Å². The molecule has 0 fully saturated rings. The number of rotatable bonds is 7. The molecule has 2 aromatic rings. The summed E-state index contributed by atoms with van der Waals surface area (Å²) < 4.78 is 1.99. The molecule has 4 nitrogen and oxygen atoms in total. The van der Waals surface area contributed by atoms with E-state index in [2.05, 4.69) is 42.2 Å². The summed E-state index contributed by atoms with van der Waals surface area (Å²) in [5, 5.41) is 8.61. The standard InChI is InChI=1S/C16H23ClN4/c1-4-18-15(13-7-5-6-8-14(13)17)9-16-19-11-20-21(16)10-12(2)3/h5-8,11-12,15,18H,4,9-10H2,1-3H3. The zero-order valence-electron chi connectivity index (χ0n) is 12.9. The van der Waals surface area contributed by atoms with Crippen LogP contribution in [0.25, 0.3) is 0 Å². The molecule has 0 radical (unpaired) electrons. The quantitative estimate of drug-likeness (QED) is 0.851.